The van der Waals surface area contributed by atoms with E-state index in [1.807, 2.05) is 0 Å². The third-order valence-electron chi connectivity index (χ3n) is 2.37. The van der Waals surface area contributed by atoms with Crippen molar-refractivity contribution >= 4 is 0 Å². The molecule has 0 spiro atoms. The lowest BCUT2D eigenvalue weighted by molar-refractivity contribution is 0.624. The maximum atomic E-state index is 2.26. The number of hydrogen-bond donors (Lipinski definition) is 0. The Balaban J connectivity index is 0.000000243. The summed E-state index contributed by atoms with van der Waals surface area (Å²) >= 11 is 0. The zero-order chi connectivity index (χ0) is 9.78. The molecule has 0 unspecified atom stereocenters. The summed E-state index contributed by atoms with van der Waals surface area (Å²) in [6, 6.07) is 0. The van der Waals surface area contributed by atoms with Gasteiger partial charge in [-0.2, -0.15) is 0 Å². The third-order valence-corrected chi connectivity index (χ3v) is 2.37. The molecule has 78 valence electrons. The largest absolute Gasteiger partial charge is 0.0885 e. The van der Waals surface area contributed by atoms with Gasteiger partial charge in [-0.15, -0.1) is 0 Å². The van der Waals surface area contributed by atoms with Gasteiger partial charge < -0.3 is 0 Å². The Hall–Kier alpha value is -0.260. The van der Waals surface area contributed by atoms with E-state index in [0.29, 0.717) is 0 Å². The van der Waals surface area contributed by atoms with E-state index in [1.165, 1.54) is 57.8 Å². The lowest BCUT2D eigenvalue weighted by Gasteiger charge is -1.93. The zero-order valence-electron chi connectivity index (χ0n) is 9.52. The van der Waals surface area contributed by atoms with Crippen molar-refractivity contribution in [3.63, 3.8) is 0 Å². The van der Waals surface area contributed by atoms with Crippen LogP contribution in [0.3, 0.4) is 0 Å². The first-order chi connectivity index (χ1) is 6.41. The molecular formula is C13H26. The van der Waals surface area contributed by atoms with E-state index in [4.69, 9.17) is 0 Å². The van der Waals surface area contributed by atoms with Gasteiger partial charge >= 0.3 is 0 Å². The zero-order valence-corrected chi connectivity index (χ0v) is 9.52. The number of unbranched alkanes of at least 4 members (excludes halogenated alkanes) is 5. The van der Waals surface area contributed by atoms with Crippen LogP contribution in [0.2, 0.25) is 0 Å². The van der Waals surface area contributed by atoms with Gasteiger partial charge in [0.1, 0.15) is 0 Å². The van der Waals surface area contributed by atoms with Crippen molar-refractivity contribution < 1.29 is 0 Å². The first-order valence-corrected chi connectivity index (χ1v) is 6.06. The average Bonchev–Trinajstić information content (AvgIpc) is 2.70. The van der Waals surface area contributed by atoms with Crippen molar-refractivity contribution in [2.75, 3.05) is 0 Å². The molecular weight excluding hydrogens is 156 g/mol. The van der Waals surface area contributed by atoms with Gasteiger partial charge in [0.2, 0.25) is 0 Å². The van der Waals surface area contributed by atoms with Crippen LogP contribution in [0.1, 0.15) is 71.6 Å². The normalized spacial score (nSPS) is 14.0. The van der Waals surface area contributed by atoms with E-state index < -0.39 is 0 Å². The molecule has 0 amide bonds. The molecule has 0 aliphatic heterocycles. The van der Waals surface area contributed by atoms with Crippen LogP contribution in [0, 0.1) is 0 Å². The minimum Gasteiger partial charge on any atom is -0.0885 e. The van der Waals surface area contributed by atoms with Crippen molar-refractivity contribution in [1.82, 2.24) is 0 Å². The molecule has 0 atom stereocenters. The fraction of sp³-hybridized carbons (Fsp3) is 0.846. The highest BCUT2D eigenvalue weighted by atomic mass is 13.9. The van der Waals surface area contributed by atoms with Crippen LogP contribution in [0.25, 0.3) is 0 Å². The highest BCUT2D eigenvalue weighted by Crippen LogP contribution is 2.05. The molecule has 0 heterocycles. The highest BCUT2D eigenvalue weighted by Gasteiger charge is 1.85. The monoisotopic (exact) mass is 182 g/mol. The topological polar surface area (TPSA) is 0 Å². The van der Waals surface area contributed by atoms with Crippen LogP contribution in [-0.2, 0) is 0 Å². The molecule has 0 saturated heterocycles. The van der Waals surface area contributed by atoms with Gasteiger partial charge in [-0.05, 0) is 19.3 Å². The summed E-state index contributed by atoms with van der Waals surface area (Å²) in [6.45, 7) is 4.51. The van der Waals surface area contributed by atoms with Gasteiger partial charge in [0, 0.05) is 0 Å². The summed E-state index contributed by atoms with van der Waals surface area (Å²) in [7, 11) is 0. The molecule has 0 radical (unpaired) electrons. The molecule has 1 aliphatic rings. The molecule has 0 bridgehead atoms. The lowest BCUT2D eigenvalue weighted by Crippen LogP contribution is -1.73. The molecule has 0 heteroatoms. The second-order valence-electron chi connectivity index (χ2n) is 3.82. The van der Waals surface area contributed by atoms with Crippen LogP contribution < -0.4 is 0 Å². The predicted molar refractivity (Wildman–Crippen MR) is 62.0 cm³/mol. The summed E-state index contributed by atoms with van der Waals surface area (Å²) in [5.41, 5.74) is 0. The van der Waals surface area contributed by atoms with Crippen LogP contribution in [0.15, 0.2) is 12.2 Å². The van der Waals surface area contributed by atoms with E-state index in [1.54, 1.807) is 0 Å². The number of allylic oxidation sites excluding steroid dienone is 2. The van der Waals surface area contributed by atoms with Gasteiger partial charge in [0.15, 0.2) is 0 Å². The maximum absolute atomic E-state index is 2.26. The van der Waals surface area contributed by atoms with Crippen molar-refractivity contribution in [2.45, 2.75) is 71.6 Å². The van der Waals surface area contributed by atoms with Crippen LogP contribution in [0.5, 0.6) is 0 Å². The van der Waals surface area contributed by atoms with Gasteiger partial charge in [-0.25, -0.2) is 0 Å². The molecule has 0 N–H and O–H groups in total. The van der Waals surface area contributed by atoms with Gasteiger partial charge in [0.25, 0.3) is 0 Å². The third kappa shape index (κ3) is 11.7. The summed E-state index contributed by atoms with van der Waals surface area (Å²) in [6.07, 6.45) is 17.0. The molecule has 0 fully saturated rings. The first kappa shape index (κ1) is 12.7. The second kappa shape index (κ2) is 11.7. The fourth-order valence-corrected chi connectivity index (χ4v) is 1.44. The summed E-state index contributed by atoms with van der Waals surface area (Å²) in [5.74, 6) is 0. The standard InChI is InChI=1S/C8H18.C5H8/c1-3-5-7-8-6-4-2;1-2-4-5-3-1/h3-8H2,1-2H3;1-2H,3-5H2. The summed E-state index contributed by atoms with van der Waals surface area (Å²) in [5, 5.41) is 0. The number of hydrogen-bond acceptors (Lipinski definition) is 0. The van der Waals surface area contributed by atoms with E-state index in [0.717, 1.165) is 0 Å². The predicted octanol–water partition coefficient (Wildman–Crippen LogP) is 5.09. The van der Waals surface area contributed by atoms with Gasteiger partial charge in [-0.1, -0.05) is 64.5 Å². The van der Waals surface area contributed by atoms with Crippen molar-refractivity contribution in [2.24, 2.45) is 0 Å². The maximum Gasteiger partial charge on any atom is -0.0348 e. The van der Waals surface area contributed by atoms with Gasteiger partial charge in [-0.3, -0.25) is 0 Å². The molecule has 13 heavy (non-hydrogen) atoms. The Morgan fingerprint density at radius 2 is 1.23 bits per heavy atom. The fourth-order valence-electron chi connectivity index (χ4n) is 1.44. The van der Waals surface area contributed by atoms with E-state index in [9.17, 15) is 0 Å². The quantitative estimate of drug-likeness (QED) is 0.410. The smallest absolute Gasteiger partial charge is 0.0348 e. The van der Waals surface area contributed by atoms with Gasteiger partial charge in [0.05, 0.1) is 0 Å². The van der Waals surface area contributed by atoms with E-state index in [-0.39, 0.29) is 0 Å². The van der Waals surface area contributed by atoms with E-state index in [2.05, 4.69) is 26.0 Å². The van der Waals surface area contributed by atoms with Crippen molar-refractivity contribution in [3.8, 4) is 0 Å². The first-order valence-electron chi connectivity index (χ1n) is 6.06. The van der Waals surface area contributed by atoms with Crippen LogP contribution in [-0.4, -0.2) is 0 Å². The Morgan fingerprint density at radius 1 is 0.769 bits per heavy atom. The summed E-state index contributed by atoms with van der Waals surface area (Å²) < 4.78 is 0. The molecule has 0 aromatic heterocycles. The summed E-state index contributed by atoms with van der Waals surface area (Å²) in [4.78, 5) is 0. The SMILES string of the molecule is C1=CCCC1.CCCCCCCC. The van der Waals surface area contributed by atoms with Crippen LogP contribution >= 0.6 is 0 Å². The average molecular weight is 182 g/mol. The highest BCUT2D eigenvalue weighted by molar-refractivity contribution is 4.88. The Morgan fingerprint density at radius 3 is 1.46 bits per heavy atom. The van der Waals surface area contributed by atoms with Crippen molar-refractivity contribution in [3.05, 3.63) is 12.2 Å². The second-order valence-corrected chi connectivity index (χ2v) is 3.82. The minimum atomic E-state index is 1.32. The molecule has 0 aromatic carbocycles. The molecule has 0 aromatic rings. The molecule has 1 rings (SSSR count). The number of rotatable bonds is 5. The Kier molecular flexibility index (Phi) is 11.5. The van der Waals surface area contributed by atoms with E-state index >= 15 is 0 Å². The van der Waals surface area contributed by atoms with Crippen LogP contribution in [0.4, 0.5) is 0 Å². The molecule has 0 nitrogen and oxygen atoms in total. The Bertz CT molecular complexity index is 90.6. The molecule has 0 saturated carbocycles. The molecule has 1 aliphatic carbocycles. The lowest BCUT2D eigenvalue weighted by atomic mass is 10.1. The van der Waals surface area contributed by atoms with Crippen molar-refractivity contribution in [1.29, 1.82) is 0 Å². The minimum absolute atomic E-state index is 1.32. The Labute approximate surface area is 84.4 Å².